The average molecular weight is 547 g/mol. The molecule has 0 atom stereocenters. The molecule has 7 rings (SSSR count). The Morgan fingerprint density at radius 2 is 1.75 bits per heavy atom. The number of carbonyl (C=O) groups excluding carboxylic acids is 1. The molecule has 2 N–H and O–H groups in total. The van der Waals surface area contributed by atoms with Crippen LogP contribution in [0.3, 0.4) is 0 Å². The molecule has 1 fully saturated rings. The van der Waals surface area contributed by atoms with E-state index in [1.165, 1.54) is 6.20 Å². The second kappa shape index (κ2) is 9.43. The van der Waals surface area contributed by atoms with E-state index in [9.17, 15) is 9.59 Å². The second-order valence-corrected chi connectivity index (χ2v) is 10.5. The number of aromatic amines is 1. The Labute approximate surface area is 233 Å². The molecule has 196 valence electrons. The monoisotopic (exact) mass is 546 g/mol. The first kappa shape index (κ1) is 24.2. The van der Waals surface area contributed by atoms with Crippen molar-refractivity contribution in [3.63, 3.8) is 0 Å². The fourth-order valence-corrected chi connectivity index (χ4v) is 5.55. The van der Waals surface area contributed by atoms with Crippen molar-refractivity contribution in [2.45, 2.75) is 24.8 Å². The number of benzene rings is 2. The van der Waals surface area contributed by atoms with Crippen LogP contribution in [-0.2, 0) is 5.54 Å². The molecular formula is C31H23ClN6O2. The predicted octanol–water partition coefficient (Wildman–Crippen LogP) is 5.76. The van der Waals surface area contributed by atoms with E-state index >= 15 is 0 Å². The van der Waals surface area contributed by atoms with Crippen molar-refractivity contribution in [2.24, 2.45) is 0 Å². The zero-order valence-electron chi connectivity index (χ0n) is 21.3. The molecule has 4 heterocycles. The van der Waals surface area contributed by atoms with E-state index in [4.69, 9.17) is 16.6 Å². The van der Waals surface area contributed by atoms with Crippen LogP contribution in [0, 0.1) is 0 Å². The van der Waals surface area contributed by atoms with Gasteiger partial charge in [-0.2, -0.15) is 5.10 Å². The van der Waals surface area contributed by atoms with Crippen molar-refractivity contribution < 1.29 is 4.79 Å². The zero-order chi connectivity index (χ0) is 27.3. The molecule has 9 heteroatoms. The molecule has 0 bridgehead atoms. The Morgan fingerprint density at radius 1 is 0.950 bits per heavy atom. The van der Waals surface area contributed by atoms with Gasteiger partial charge in [-0.1, -0.05) is 66.2 Å². The normalized spacial score (nSPS) is 14.2. The highest BCUT2D eigenvalue weighted by Gasteiger charge is 2.40. The molecule has 1 aliphatic rings. The van der Waals surface area contributed by atoms with Crippen molar-refractivity contribution in [2.75, 3.05) is 0 Å². The van der Waals surface area contributed by atoms with E-state index in [1.807, 2.05) is 54.6 Å². The van der Waals surface area contributed by atoms with Gasteiger partial charge in [0.1, 0.15) is 5.69 Å². The minimum Gasteiger partial charge on any atom is -0.341 e. The van der Waals surface area contributed by atoms with Gasteiger partial charge in [0.05, 0.1) is 27.3 Å². The van der Waals surface area contributed by atoms with Gasteiger partial charge >= 0.3 is 5.69 Å². The number of pyridine rings is 3. The quantitative estimate of drug-likeness (QED) is 0.286. The lowest BCUT2D eigenvalue weighted by atomic mass is 9.71. The van der Waals surface area contributed by atoms with Crippen LogP contribution in [0.5, 0.6) is 0 Å². The summed E-state index contributed by atoms with van der Waals surface area (Å²) < 4.78 is 1.54. The van der Waals surface area contributed by atoms with E-state index in [-0.39, 0.29) is 11.6 Å². The molecule has 0 aliphatic heterocycles. The topological polar surface area (TPSA) is 105 Å². The highest BCUT2D eigenvalue weighted by Crippen LogP contribution is 2.42. The van der Waals surface area contributed by atoms with Gasteiger partial charge in [0.25, 0.3) is 5.91 Å². The van der Waals surface area contributed by atoms with Crippen LogP contribution in [0.2, 0.25) is 5.02 Å². The average Bonchev–Trinajstić information content (AvgIpc) is 3.36. The Kier molecular flexibility index (Phi) is 5.71. The van der Waals surface area contributed by atoms with E-state index in [0.717, 1.165) is 47.2 Å². The summed E-state index contributed by atoms with van der Waals surface area (Å²) in [6.07, 6.45) is 4.21. The third kappa shape index (κ3) is 4.04. The lowest BCUT2D eigenvalue weighted by Gasteiger charge is -2.43. The standard InChI is InChI=1S/C31H23ClN6O2/c32-22-11-12-25(33-18-22)29(39)35-31(15-4-16-31)21-9-7-20(8-10-21)28-23(19-5-2-1-3-6-19)17-26-24(34-28)13-14-27-36-37-30(40)38(26)27/h1-3,5-14,17-18H,4,15-16H2,(H,35,39)(H,37,40). The van der Waals surface area contributed by atoms with Crippen LogP contribution in [-0.4, -0.2) is 30.5 Å². The summed E-state index contributed by atoms with van der Waals surface area (Å²) in [5.41, 5.74) is 6.17. The fourth-order valence-electron chi connectivity index (χ4n) is 5.44. The van der Waals surface area contributed by atoms with E-state index in [0.29, 0.717) is 27.4 Å². The molecule has 0 saturated heterocycles. The van der Waals surface area contributed by atoms with Gasteiger partial charge in [-0.3, -0.25) is 4.79 Å². The summed E-state index contributed by atoms with van der Waals surface area (Å²) in [4.78, 5) is 34.7. The molecule has 0 radical (unpaired) electrons. The predicted molar refractivity (Wildman–Crippen MR) is 154 cm³/mol. The van der Waals surface area contributed by atoms with Gasteiger partial charge in [0, 0.05) is 17.3 Å². The SMILES string of the molecule is O=C(NC1(c2ccc(-c3nc4ccc5n[nH]c(=O)n5c4cc3-c3ccccc3)cc2)CCC1)c1ccc(Cl)cn1. The molecule has 1 amide bonds. The third-order valence-corrected chi connectivity index (χ3v) is 7.90. The van der Waals surface area contributed by atoms with E-state index in [1.54, 1.807) is 22.6 Å². The maximum absolute atomic E-state index is 13.0. The largest absolute Gasteiger partial charge is 0.348 e. The number of rotatable bonds is 5. The minimum absolute atomic E-state index is 0.219. The molecule has 0 unspecified atom stereocenters. The number of carbonyl (C=O) groups is 1. The zero-order valence-corrected chi connectivity index (χ0v) is 22.0. The number of fused-ring (bicyclic) bond motifs is 3. The number of amides is 1. The van der Waals surface area contributed by atoms with Crippen LogP contribution < -0.4 is 11.0 Å². The molecule has 4 aromatic heterocycles. The number of nitrogens with zero attached hydrogens (tertiary/aromatic N) is 4. The summed E-state index contributed by atoms with van der Waals surface area (Å²) in [7, 11) is 0. The second-order valence-electron chi connectivity index (χ2n) is 10.0. The maximum atomic E-state index is 13.0. The Hall–Kier alpha value is -4.82. The Balaban J connectivity index is 1.30. The minimum atomic E-state index is -0.440. The molecule has 6 aromatic rings. The molecule has 2 aromatic carbocycles. The molecule has 1 aliphatic carbocycles. The first-order valence-corrected chi connectivity index (χ1v) is 13.4. The Bertz CT molecular complexity index is 1940. The van der Waals surface area contributed by atoms with Gasteiger partial charge in [0.2, 0.25) is 0 Å². The first-order chi connectivity index (χ1) is 19.5. The van der Waals surface area contributed by atoms with Gasteiger partial charge in [-0.05, 0) is 60.7 Å². The summed E-state index contributed by atoms with van der Waals surface area (Å²) in [6, 6.07) is 27.2. The lowest BCUT2D eigenvalue weighted by Crippen LogP contribution is -2.50. The van der Waals surface area contributed by atoms with Crippen molar-refractivity contribution in [3.8, 4) is 22.4 Å². The van der Waals surface area contributed by atoms with E-state index < -0.39 is 5.54 Å². The van der Waals surface area contributed by atoms with Gasteiger partial charge in [-0.25, -0.2) is 24.3 Å². The summed E-state index contributed by atoms with van der Waals surface area (Å²) in [6.45, 7) is 0. The molecule has 0 spiro atoms. The van der Waals surface area contributed by atoms with Crippen molar-refractivity contribution >= 4 is 34.2 Å². The Morgan fingerprint density at radius 3 is 2.45 bits per heavy atom. The van der Waals surface area contributed by atoms with Crippen LogP contribution in [0.15, 0.2) is 95.9 Å². The highest BCUT2D eigenvalue weighted by molar-refractivity contribution is 6.30. The van der Waals surface area contributed by atoms with Gasteiger partial charge in [0.15, 0.2) is 5.65 Å². The number of nitrogens with one attached hydrogen (secondary N) is 2. The van der Waals surface area contributed by atoms with Crippen LogP contribution in [0.4, 0.5) is 0 Å². The maximum Gasteiger partial charge on any atom is 0.348 e. The number of halogens is 1. The van der Waals surface area contributed by atoms with Crippen molar-refractivity contribution in [1.29, 1.82) is 0 Å². The third-order valence-electron chi connectivity index (χ3n) is 7.68. The van der Waals surface area contributed by atoms with Gasteiger partial charge < -0.3 is 5.32 Å². The number of hydrogen-bond acceptors (Lipinski definition) is 5. The van der Waals surface area contributed by atoms with Crippen molar-refractivity contribution in [1.82, 2.24) is 29.9 Å². The fraction of sp³-hybridized carbons (Fsp3) is 0.129. The number of hydrogen-bond donors (Lipinski definition) is 2. The summed E-state index contributed by atoms with van der Waals surface area (Å²) in [5, 5.41) is 10.3. The van der Waals surface area contributed by atoms with Crippen LogP contribution in [0.25, 0.3) is 39.1 Å². The number of H-pyrrole nitrogens is 1. The van der Waals surface area contributed by atoms with E-state index in [2.05, 4.69) is 32.6 Å². The molecular weight excluding hydrogens is 524 g/mol. The van der Waals surface area contributed by atoms with Crippen LogP contribution in [0.1, 0.15) is 35.3 Å². The number of aromatic nitrogens is 5. The highest BCUT2D eigenvalue weighted by atomic mass is 35.5. The summed E-state index contributed by atoms with van der Waals surface area (Å²) in [5.74, 6) is -0.219. The van der Waals surface area contributed by atoms with Crippen molar-refractivity contribution in [3.05, 3.63) is 118 Å². The first-order valence-electron chi connectivity index (χ1n) is 13.0. The lowest BCUT2D eigenvalue weighted by molar-refractivity contribution is 0.0818. The van der Waals surface area contributed by atoms with Gasteiger partial charge in [-0.15, -0.1) is 0 Å². The molecule has 40 heavy (non-hydrogen) atoms. The van der Waals surface area contributed by atoms with Crippen LogP contribution >= 0.6 is 11.6 Å². The molecule has 1 saturated carbocycles. The molecule has 8 nitrogen and oxygen atoms in total. The smallest absolute Gasteiger partial charge is 0.341 e. The summed E-state index contributed by atoms with van der Waals surface area (Å²) >= 11 is 5.94.